The van der Waals surface area contributed by atoms with Gasteiger partial charge in [0, 0.05) is 12.8 Å². The van der Waals surface area contributed by atoms with Gasteiger partial charge in [0.1, 0.15) is 27.9 Å². The monoisotopic (exact) mass is 555 g/mol. The van der Waals surface area contributed by atoms with Crippen LogP contribution in [0.3, 0.4) is 0 Å². The number of aryl methyl sites for hydroxylation is 2. The standard InChI is InChI=1S/C24H29N9O3S2/c1-3-24(2,36)17-14-33(32-27-17)15-19(35)26-23-31-29-21(38-23)12-8-7-11-20-28-30-22(37-20)25-18(34)13-16-9-5-4-6-10-16/h4-6,9-10,14,36H,3,7-8,11-13,15H2,1-2H3,(H,25,30,34)(H,26,31,35). The van der Waals surface area contributed by atoms with Gasteiger partial charge in [0.05, 0.1) is 12.6 Å². The van der Waals surface area contributed by atoms with Crippen molar-refractivity contribution in [2.75, 3.05) is 10.6 Å². The number of unbranched alkanes of at least 4 members (excludes halogenated alkanes) is 1. The van der Waals surface area contributed by atoms with Gasteiger partial charge in [0.15, 0.2) is 0 Å². The summed E-state index contributed by atoms with van der Waals surface area (Å²) >= 11 is 2.71. The van der Waals surface area contributed by atoms with Crippen LogP contribution in [0, 0.1) is 0 Å². The Morgan fingerprint density at radius 1 is 0.921 bits per heavy atom. The highest BCUT2D eigenvalue weighted by Crippen LogP contribution is 2.22. The Morgan fingerprint density at radius 2 is 1.53 bits per heavy atom. The second-order valence-electron chi connectivity index (χ2n) is 8.90. The van der Waals surface area contributed by atoms with Crippen LogP contribution >= 0.6 is 22.7 Å². The number of aliphatic hydroxyl groups is 1. The van der Waals surface area contributed by atoms with Crippen molar-refractivity contribution >= 4 is 44.8 Å². The lowest BCUT2D eigenvalue weighted by Gasteiger charge is -2.16. The molecule has 3 aromatic heterocycles. The number of anilines is 2. The van der Waals surface area contributed by atoms with Crippen molar-refractivity contribution in [1.82, 2.24) is 35.4 Å². The first kappa shape index (κ1) is 27.4. The average molecular weight is 556 g/mol. The van der Waals surface area contributed by atoms with E-state index in [2.05, 4.69) is 41.3 Å². The van der Waals surface area contributed by atoms with Gasteiger partial charge in [-0.25, -0.2) is 4.68 Å². The van der Waals surface area contributed by atoms with Gasteiger partial charge in [-0.1, -0.05) is 65.1 Å². The Hall–Kier alpha value is -3.62. The van der Waals surface area contributed by atoms with E-state index < -0.39 is 5.60 Å². The molecule has 38 heavy (non-hydrogen) atoms. The van der Waals surface area contributed by atoms with Crippen molar-refractivity contribution in [3.05, 3.63) is 57.8 Å². The van der Waals surface area contributed by atoms with Crippen LogP contribution in [-0.4, -0.2) is 52.3 Å². The van der Waals surface area contributed by atoms with Crippen LogP contribution in [0.4, 0.5) is 10.3 Å². The zero-order chi connectivity index (χ0) is 27.0. The topological polar surface area (TPSA) is 161 Å². The van der Waals surface area contributed by atoms with Gasteiger partial charge < -0.3 is 10.4 Å². The molecule has 4 rings (SSSR count). The number of carbonyl (C=O) groups excluding carboxylic acids is 2. The maximum Gasteiger partial charge on any atom is 0.247 e. The molecule has 0 saturated carbocycles. The summed E-state index contributed by atoms with van der Waals surface area (Å²) in [5, 5.41) is 42.7. The second kappa shape index (κ2) is 12.8. The number of amides is 2. The third-order valence-corrected chi connectivity index (χ3v) is 7.55. The van der Waals surface area contributed by atoms with Gasteiger partial charge >= 0.3 is 0 Å². The molecule has 0 aliphatic carbocycles. The lowest BCUT2D eigenvalue weighted by Crippen LogP contribution is -2.20. The minimum atomic E-state index is -1.08. The molecule has 0 bridgehead atoms. The van der Waals surface area contributed by atoms with Crippen molar-refractivity contribution in [3.8, 4) is 0 Å². The van der Waals surface area contributed by atoms with Crippen LogP contribution in [0.1, 0.15) is 54.4 Å². The molecule has 0 saturated heterocycles. The number of benzene rings is 1. The highest BCUT2D eigenvalue weighted by molar-refractivity contribution is 7.15. The highest BCUT2D eigenvalue weighted by atomic mass is 32.1. The predicted molar refractivity (Wildman–Crippen MR) is 144 cm³/mol. The first-order valence-electron chi connectivity index (χ1n) is 12.2. The summed E-state index contributed by atoms with van der Waals surface area (Å²) in [4.78, 5) is 24.5. The smallest absolute Gasteiger partial charge is 0.247 e. The number of hydrogen-bond donors (Lipinski definition) is 3. The largest absolute Gasteiger partial charge is 0.384 e. The fourth-order valence-electron chi connectivity index (χ4n) is 3.42. The summed E-state index contributed by atoms with van der Waals surface area (Å²) in [6.07, 6.45) is 5.57. The zero-order valence-electron chi connectivity index (χ0n) is 21.1. The second-order valence-corrected chi connectivity index (χ2v) is 11.0. The maximum absolute atomic E-state index is 12.3. The molecule has 1 unspecified atom stereocenters. The molecular formula is C24H29N9O3S2. The predicted octanol–water partition coefficient (Wildman–Crippen LogP) is 2.98. The fraction of sp³-hybridized carbons (Fsp3) is 0.417. The Kier molecular flexibility index (Phi) is 9.20. The lowest BCUT2D eigenvalue weighted by molar-refractivity contribution is -0.117. The number of nitrogens with one attached hydrogen (secondary N) is 2. The SMILES string of the molecule is CCC(C)(O)c1cn(CC(=O)Nc2nnc(CCCCc3nnc(NC(=O)Cc4ccccc4)s3)s2)nn1. The molecule has 2 amide bonds. The molecule has 0 aliphatic heterocycles. The molecule has 3 heterocycles. The number of carbonyl (C=O) groups is 2. The van der Waals surface area contributed by atoms with E-state index in [4.69, 9.17) is 0 Å². The van der Waals surface area contributed by atoms with Gasteiger partial charge in [-0.2, -0.15) is 0 Å². The van der Waals surface area contributed by atoms with Crippen molar-refractivity contribution in [3.63, 3.8) is 0 Å². The minimum Gasteiger partial charge on any atom is -0.384 e. The summed E-state index contributed by atoms with van der Waals surface area (Å²) in [5.41, 5.74) is 0.281. The number of hydrogen-bond acceptors (Lipinski definition) is 11. The third-order valence-electron chi connectivity index (χ3n) is 5.75. The van der Waals surface area contributed by atoms with Crippen molar-refractivity contribution in [2.45, 2.75) is 64.5 Å². The first-order valence-corrected chi connectivity index (χ1v) is 13.9. The van der Waals surface area contributed by atoms with Crippen LogP contribution in [0.15, 0.2) is 36.5 Å². The molecule has 4 aromatic rings. The van der Waals surface area contributed by atoms with Crippen LogP contribution in [0.2, 0.25) is 0 Å². The number of nitrogens with zero attached hydrogens (tertiary/aromatic N) is 7. The Balaban J connectivity index is 1.15. The van der Waals surface area contributed by atoms with Crippen LogP contribution in [-0.2, 0) is 41.0 Å². The van der Waals surface area contributed by atoms with Crippen LogP contribution in [0.5, 0.6) is 0 Å². The van der Waals surface area contributed by atoms with Crippen molar-refractivity contribution in [2.24, 2.45) is 0 Å². The summed E-state index contributed by atoms with van der Waals surface area (Å²) < 4.78 is 1.38. The Labute approximate surface area is 227 Å². The summed E-state index contributed by atoms with van der Waals surface area (Å²) in [6.45, 7) is 3.46. The molecule has 12 nitrogen and oxygen atoms in total. The normalized spacial score (nSPS) is 12.7. The highest BCUT2D eigenvalue weighted by Gasteiger charge is 2.24. The summed E-state index contributed by atoms with van der Waals surface area (Å²) in [6, 6.07) is 9.55. The van der Waals surface area contributed by atoms with E-state index in [1.54, 1.807) is 13.1 Å². The van der Waals surface area contributed by atoms with Gasteiger partial charge in [0.2, 0.25) is 22.1 Å². The fourth-order valence-corrected chi connectivity index (χ4v) is 5.01. The van der Waals surface area contributed by atoms with Gasteiger partial charge in [0.25, 0.3) is 0 Å². The molecule has 0 fully saturated rings. The number of aromatic nitrogens is 7. The van der Waals surface area contributed by atoms with E-state index in [1.165, 1.54) is 27.4 Å². The van der Waals surface area contributed by atoms with E-state index in [0.29, 0.717) is 28.8 Å². The minimum absolute atomic E-state index is 0.0434. The van der Waals surface area contributed by atoms with Crippen LogP contribution < -0.4 is 10.6 Å². The average Bonchev–Trinajstić information content (AvgIpc) is 3.65. The summed E-state index contributed by atoms with van der Waals surface area (Å²) in [5.74, 6) is -0.419. The molecule has 0 spiro atoms. The molecule has 14 heteroatoms. The third kappa shape index (κ3) is 7.94. The quantitative estimate of drug-likeness (QED) is 0.211. The Morgan fingerprint density at radius 3 is 2.13 bits per heavy atom. The van der Waals surface area contributed by atoms with E-state index in [0.717, 1.165) is 41.3 Å². The molecule has 200 valence electrons. The zero-order valence-corrected chi connectivity index (χ0v) is 22.8. The summed E-state index contributed by atoms with van der Waals surface area (Å²) in [7, 11) is 0. The molecular weight excluding hydrogens is 526 g/mol. The van der Waals surface area contributed by atoms with Crippen LogP contribution in [0.25, 0.3) is 0 Å². The first-order chi connectivity index (χ1) is 18.3. The van der Waals surface area contributed by atoms with E-state index in [9.17, 15) is 14.7 Å². The molecule has 3 N–H and O–H groups in total. The van der Waals surface area contributed by atoms with E-state index in [1.807, 2.05) is 37.3 Å². The lowest BCUT2D eigenvalue weighted by atomic mass is 10.0. The van der Waals surface area contributed by atoms with Crippen molar-refractivity contribution < 1.29 is 14.7 Å². The molecule has 1 atom stereocenters. The maximum atomic E-state index is 12.3. The molecule has 0 aliphatic rings. The molecule has 0 radical (unpaired) electrons. The van der Waals surface area contributed by atoms with Gasteiger partial charge in [-0.05, 0) is 31.7 Å². The molecule has 1 aromatic carbocycles. The Bertz CT molecular complexity index is 1350. The van der Waals surface area contributed by atoms with E-state index in [-0.39, 0.29) is 18.4 Å². The van der Waals surface area contributed by atoms with E-state index >= 15 is 0 Å². The van der Waals surface area contributed by atoms with Gasteiger partial charge in [-0.15, -0.1) is 25.5 Å². The number of rotatable bonds is 13. The van der Waals surface area contributed by atoms with Crippen molar-refractivity contribution in [1.29, 1.82) is 0 Å². The van der Waals surface area contributed by atoms with Gasteiger partial charge in [-0.3, -0.25) is 14.9 Å².